The second kappa shape index (κ2) is 7.62. The Kier molecular flexibility index (Phi) is 5.44. The molecule has 146 valence electrons. The number of aryl methyl sites for hydroxylation is 2. The van der Waals surface area contributed by atoms with Gasteiger partial charge in [-0.3, -0.25) is 15.2 Å². The van der Waals surface area contributed by atoms with Crippen molar-refractivity contribution in [2.24, 2.45) is 0 Å². The number of hydrogen-bond donors (Lipinski definition) is 2. The molecule has 27 heavy (non-hydrogen) atoms. The van der Waals surface area contributed by atoms with Crippen LogP contribution >= 0.6 is 0 Å². The third kappa shape index (κ3) is 3.94. The van der Waals surface area contributed by atoms with Crippen molar-refractivity contribution < 1.29 is 18.1 Å². The number of rotatable bonds is 6. The number of sulfonamides is 1. The number of non-ortho nitro benzene ring substituents is 1. The van der Waals surface area contributed by atoms with Gasteiger partial charge in [-0.25, -0.2) is 8.42 Å². The van der Waals surface area contributed by atoms with E-state index < -0.39 is 14.9 Å². The van der Waals surface area contributed by atoms with Crippen LogP contribution in [-0.2, 0) is 21.3 Å². The summed E-state index contributed by atoms with van der Waals surface area (Å²) in [5.41, 5.74) is 2.64. The lowest BCUT2D eigenvalue weighted by Gasteiger charge is -2.27. The zero-order chi connectivity index (χ0) is 19.6. The average molecular weight is 395 g/mol. The Balaban J connectivity index is 1.97. The maximum atomic E-state index is 13.1. The number of nitro benzene ring substituents is 1. The van der Waals surface area contributed by atoms with Gasteiger partial charge in [-0.2, -0.15) is 9.40 Å². The fourth-order valence-electron chi connectivity index (χ4n) is 2.93. The Hall–Kier alpha value is -2.50. The third-order valence-corrected chi connectivity index (χ3v) is 6.44. The zero-order valence-electron chi connectivity index (χ0n) is 15.1. The number of nitrogens with zero attached hydrogens (tertiary/aromatic N) is 3. The molecule has 10 nitrogen and oxygen atoms in total. The Morgan fingerprint density at radius 3 is 2.63 bits per heavy atom. The van der Waals surface area contributed by atoms with E-state index in [1.54, 1.807) is 0 Å². The van der Waals surface area contributed by atoms with E-state index in [9.17, 15) is 18.5 Å². The molecule has 0 spiro atoms. The van der Waals surface area contributed by atoms with Gasteiger partial charge >= 0.3 is 0 Å². The summed E-state index contributed by atoms with van der Waals surface area (Å²) in [7, 11) is -3.90. The van der Waals surface area contributed by atoms with Gasteiger partial charge in [-0.15, -0.1) is 0 Å². The smallest absolute Gasteiger partial charge is 0.270 e. The monoisotopic (exact) mass is 395 g/mol. The van der Waals surface area contributed by atoms with Gasteiger partial charge in [-0.05, 0) is 19.9 Å². The van der Waals surface area contributed by atoms with Gasteiger partial charge in [0.15, 0.2) is 0 Å². The molecule has 1 saturated heterocycles. The summed E-state index contributed by atoms with van der Waals surface area (Å²) in [4.78, 5) is 10.4. The van der Waals surface area contributed by atoms with E-state index in [1.165, 1.54) is 16.4 Å². The minimum absolute atomic E-state index is 0.114. The topological polar surface area (TPSA) is 130 Å². The second-order valence-electron chi connectivity index (χ2n) is 6.22. The van der Waals surface area contributed by atoms with Crippen molar-refractivity contribution in [2.75, 3.05) is 31.6 Å². The van der Waals surface area contributed by atoms with Gasteiger partial charge in [0.25, 0.3) is 5.69 Å². The van der Waals surface area contributed by atoms with E-state index in [1.807, 2.05) is 13.8 Å². The summed E-state index contributed by atoms with van der Waals surface area (Å²) < 4.78 is 32.6. The van der Waals surface area contributed by atoms with Crippen molar-refractivity contribution >= 4 is 21.4 Å². The molecule has 2 heterocycles. The summed E-state index contributed by atoms with van der Waals surface area (Å²) in [6, 6.07) is 3.81. The Morgan fingerprint density at radius 2 is 2.04 bits per heavy atom. The molecule has 2 aromatic rings. The Morgan fingerprint density at radius 1 is 1.33 bits per heavy atom. The number of morpholine rings is 1. The molecule has 1 aliphatic heterocycles. The highest BCUT2D eigenvalue weighted by Crippen LogP contribution is 2.30. The highest BCUT2D eigenvalue weighted by Gasteiger charge is 2.30. The van der Waals surface area contributed by atoms with Gasteiger partial charge in [0.05, 0.1) is 29.5 Å². The van der Waals surface area contributed by atoms with E-state index in [0.717, 1.165) is 23.0 Å². The maximum absolute atomic E-state index is 13.1. The summed E-state index contributed by atoms with van der Waals surface area (Å²) in [5, 5.41) is 21.2. The zero-order valence-corrected chi connectivity index (χ0v) is 15.9. The number of benzene rings is 1. The molecule has 11 heteroatoms. The van der Waals surface area contributed by atoms with Crippen LogP contribution < -0.4 is 5.32 Å². The highest BCUT2D eigenvalue weighted by molar-refractivity contribution is 7.89. The minimum atomic E-state index is -3.90. The molecule has 0 aliphatic carbocycles. The van der Waals surface area contributed by atoms with Crippen LogP contribution in [0.2, 0.25) is 0 Å². The first kappa shape index (κ1) is 19.3. The first-order chi connectivity index (χ1) is 12.8. The van der Waals surface area contributed by atoms with Crippen LogP contribution in [0.15, 0.2) is 23.1 Å². The SMILES string of the molecule is Cc1n[nH]c(C)c1CNc1ccc([N+](=O)[O-])cc1S(=O)(=O)N1CCOCC1. The van der Waals surface area contributed by atoms with E-state index in [-0.39, 0.29) is 23.7 Å². The predicted octanol–water partition coefficient (Wildman–Crippen LogP) is 1.57. The standard InChI is InChI=1S/C16H21N5O5S/c1-11-14(12(2)19-18-11)10-17-15-4-3-13(21(22)23)9-16(15)27(24,25)20-5-7-26-8-6-20/h3-4,9,17H,5-8,10H2,1-2H3,(H,18,19). The van der Waals surface area contributed by atoms with Crippen LogP contribution in [0.4, 0.5) is 11.4 Å². The molecule has 0 saturated carbocycles. The second-order valence-corrected chi connectivity index (χ2v) is 8.13. The molecule has 0 radical (unpaired) electrons. The normalized spacial score (nSPS) is 15.6. The molecule has 0 unspecified atom stereocenters. The molecule has 1 aromatic heterocycles. The van der Waals surface area contributed by atoms with Gasteiger partial charge in [-0.1, -0.05) is 0 Å². The van der Waals surface area contributed by atoms with Crippen molar-refractivity contribution in [3.05, 3.63) is 45.3 Å². The number of anilines is 1. The molecule has 0 bridgehead atoms. The highest BCUT2D eigenvalue weighted by atomic mass is 32.2. The van der Waals surface area contributed by atoms with E-state index in [4.69, 9.17) is 4.74 Å². The fourth-order valence-corrected chi connectivity index (χ4v) is 4.52. The van der Waals surface area contributed by atoms with Crippen LogP contribution in [0.1, 0.15) is 17.0 Å². The van der Waals surface area contributed by atoms with Crippen LogP contribution in [0, 0.1) is 24.0 Å². The van der Waals surface area contributed by atoms with Gasteiger partial charge in [0, 0.05) is 43.0 Å². The van der Waals surface area contributed by atoms with Gasteiger partial charge < -0.3 is 10.1 Å². The van der Waals surface area contributed by atoms with Crippen molar-refractivity contribution in [2.45, 2.75) is 25.3 Å². The van der Waals surface area contributed by atoms with E-state index in [2.05, 4.69) is 15.5 Å². The molecule has 3 rings (SSSR count). The van der Waals surface area contributed by atoms with E-state index >= 15 is 0 Å². The van der Waals surface area contributed by atoms with Gasteiger partial charge in [0.2, 0.25) is 10.0 Å². The summed E-state index contributed by atoms with van der Waals surface area (Å²) in [6.45, 7) is 5.08. The molecular weight excluding hydrogens is 374 g/mol. The Labute approximate surface area is 156 Å². The first-order valence-corrected chi connectivity index (χ1v) is 9.85. The molecule has 1 aromatic carbocycles. The molecule has 2 N–H and O–H groups in total. The van der Waals surface area contributed by atoms with Gasteiger partial charge in [0.1, 0.15) is 4.90 Å². The fraction of sp³-hybridized carbons (Fsp3) is 0.438. The van der Waals surface area contributed by atoms with Crippen LogP contribution in [0.5, 0.6) is 0 Å². The summed E-state index contributed by atoms with van der Waals surface area (Å²) >= 11 is 0. The van der Waals surface area contributed by atoms with Crippen molar-refractivity contribution in [1.82, 2.24) is 14.5 Å². The molecule has 1 fully saturated rings. The van der Waals surface area contributed by atoms with Crippen LogP contribution in [0.25, 0.3) is 0 Å². The van der Waals surface area contributed by atoms with Crippen LogP contribution in [0.3, 0.4) is 0 Å². The number of aromatic amines is 1. The van der Waals surface area contributed by atoms with Crippen molar-refractivity contribution in [3.8, 4) is 0 Å². The van der Waals surface area contributed by atoms with E-state index in [0.29, 0.717) is 25.4 Å². The maximum Gasteiger partial charge on any atom is 0.270 e. The lowest BCUT2D eigenvalue weighted by molar-refractivity contribution is -0.385. The van der Waals surface area contributed by atoms with Crippen molar-refractivity contribution in [1.29, 1.82) is 0 Å². The number of nitro groups is 1. The summed E-state index contributed by atoms with van der Waals surface area (Å²) in [5.74, 6) is 0. The lowest BCUT2D eigenvalue weighted by Crippen LogP contribution is -2.40. The molecule has 1 aliphatic rings. The average Bonchev–Trinajstić information content (AvgIpc) is 2.98. The minimum Gasteiger partial charge on any atom is -0.380 e. The predicted molar refractivity (Wildman–Crippen MR) is 98.1 cm³/mol. The number of hydrogen-bond acceptors (Lipinski definition) is 7. The first-order valence-electron chi connectivity index (χ1n) is 8.41. The molecule has 0 atom stereocenters. The molecule has 0 amide bonds. The quantitative estimate of drug-likeness (QED) is 0.561. The Bertz CT molecular complexity index is 931. The number of aromatic nitrogens is 2. The van der Waals surface area contributed by atoms with Crippen molar-refractivity contribution in [3.63, 3.8) is 0 Å². The number of nitrogens with one attached hydrogen (secondary N) is 2. The van der Waals surface area contributed by atoms with Crippen LogP contribution in [-0.4, -0.2) is 54.1 Å². The summed E-state index contributed by atoms with van der Waals surface area (Å²) in [6.07, 6.45) is 0. The molecular formula is C16H21N5O5S. The third-order valence-electron chi connectivity index (χ3n) is 4.50. The lowest BCUT2D eigenvalue weighted by atomic mass is 10.2. The number of H-pyrrole nitrogens is 1. The largest absolute Gasteiger partial charge is 0.380 e. The number of ether oxygens (including phenoxy) is 1.